The first-order chi connectivity index (χ1) is 7.54. The number of amides is 2. The van der Waals surface area contributed by atoms with E-state index in [4.69, 9.17) is 5.73 Å². The van der Waals surface area contributed by atoms with Gasteiger partial charge < -0.3 is 16.4 Å². The van der Waals surface area contributed by atoms with E-state index in [2.05, 4.69) is 20.8 Å². The number of carbonyl (C=O) groups excluding carboxylic acids is 2. The zero-order valence-corrected chi connectivity index (χ0v) is 9.26. The third kappa shape index (κ3) is 3.06. The minimum atomic E-state index is -0.370. The van der Waals surface area contributed by atoms with Crippen LogP contribution in [0.2, 0.25) is 0 Å². The Labute approximate surface area is 92.8 Å². The SMILES string of the molecule is Cc1[nH]nc(NC(=O)CNC(=O)CN)c1C. The Morgan fingerprint density at radius 2 is 2.06 bits per heavy atom. The summed E-state index contributed by atoms with van der Waals surface area (Å²) in [5.41, 5.74) is 6.84. The summed E-state index contributed by atoms with van der Waals surface area (Å²) in [5, 5.41) is 11.6. The molecule has 7 nitrogen and oxygen atoms in total. The highest BCUT2D eigenvalue weighted by Crippen LogP contribution is 2.12. The maximum absolute atomic E-state index is 11.4. The lowest BCUT2D eigenvalue weighted by atomic mass is 10.3. The maximum Gasteiger partial charge on any atom is 0.244 e. The largest absolute Gasteiger partial charge is 0.346 e. The molecule has 0 aliphatic heterocycles. The van der Waals surface area contributed by atoms with Gasteiger partial charge in [0.2, 0.25) is 11.8 Å². The van der Waals surface area contributed by atoms with Crippen molar-refractivity contribution in [1.82, 2.24) is 15.5 Å². The number of carbonyl (C=O) groups is 2. The van der Waals surface area contributed by atoms with Gasteiger partial charge in [-0.3, -0.25) is 14.7 Å². The predicted octanol–water partition coefficient (Wildman–Crippen LogP) is -0.960. The Bertz CT molecular complexity index is 399. The zero-order valence-electron chi connectivity index (χ0n) is 9.26. The van der Waals surface area contributed by atoms with Crippen molar-refractivity contribution in [3.05, 3.63) is 11.3 Å². The fraction of sp³-hybridized carbons (Fsp3) is 0.444. The molecule has 5 N–H and O–H groups in total. The monoisotopic (exact) mass is 225 g/mol. The molecular weight excluding hydrogens is 210 g/mol. The van der Waals surface area contributed by atoms with Gasteiger partial charge >= 0.3 is 0 Å². The van der Waals surface area contributed by atoms with Crippen LogP contribution in [-0.2, 0) is 9.59 Å². The summed E-state index contributed by atoms with van der Waals surface area (Å²) in [4.78, 5) is 22.2. The van der Waals surface area contributed by atoms with Gasteiger partial charge in [0.25, 0.3) is 0 Å². The third-order valence-corrected chi connectivity index (χ3v) is 2.14. The van der Waals surface area contributed by atoms with Crippen molar-refractivity contribution in [2.75, 3.05) is 18.4 Å². The molecule has 0 aliphatic carbocycles. The number of nitrogens with one attached hydrogen (secondary N) is 3. The van der Waals surface area contributed by atoms with Crippen LogP contribution in [0.25, 0.3) is 0 Å². The van der Waals surface area contributed by atoms with Crippen molar-refractivity contribution in [1.29, 1.82) is 0 Å². The van der Waals surface area contributed by atoms with Gasteiger partial charge in [-0.25, -0.2) is 0 Å². The molecule has 0 radical (unpaired) electrons. The van der Waals surface area contributed by atoms with Crippen LogP contribution < -0.4 is 16.4 Å². The molecule has 0 aliphatic rings. The molecular formula is C9H15N5O2. The number of rotatable bonds is 4. The van der Waals surface area contributed by atoms with Crippen LogP contribution in [0.3, 0.4) is 0 Å². The number of hydrogen-bond acceptors (Lipinski definition) is 4. The fourth-order valence-corrected chi connectivity index (χ4v) is 1.03. The van der Waals surface area contributed by atoms with Crippen molar-refractivity contribution in [2.24, 2.45) is 5.73 Å². The van der Waals surface area contributed by atoms with Crippen LogP contribution in [0.15, 0.2) is 0 Å². The molecule has 88 valence electrons. The van der Waals surface area contributed by atoms with Gasteiger partial charge in [0, 0.05) is 11.3 Å². The molecule has 0 saturated heterocycles. The van der Waals surface area contributed by atoms with E-state index in [1.807, 2.05) is 13.8 Å². The summed E-state index contributed by atoms with van der Waals surface area (Å²) in [5.74, 6) is -0.231. The van der Waals surface area contributed by atoms with Crippen LogP contribution in [0.1, 0.15) is 11.3 Å². The van der Waals surface area contributed by atoms with Gasteiger partial charge in [-0.2, -0.15) is 5.10 Å². The smallest absolute Gasteiger partial charge is 0.244 e. The number of aromatic amines is 1. The van der Waals surface area contributed by atoms with Gasteiger partial charge in [-0.15, -0.1) is 0 Å². The van der Waals surface area contributed by atoms with Crippen molar-refractivity contribution in [3.63, 3.8) is 0 Å². The molecule has 1 rings (SSSR count). The summed E-state index contributed by atoms with van der Waals surface area (Å²) in [7, 11) is 0. The molecule has 0 saturated carbocycles. The molecule has 16 heavy (non-hydrogen) atoms. The van der Waals surface area contributed by atoms with Crippen molar-refractivity contribution >= 4 is 17.6 Å². The van der Waals surface area contributed by atoms with Gasteiger partial charge in [0.15, 0.2) is 5.82 Å². The van der Waals surface area contributed by atoms with E-state index in [-0.39, 0.29) is 24.9 Å². The van der Waals surface area contributed by atoms with E-state index in [0.29, 0.717) is 5.82 Å². The number of H-pyrrole nitrogens is 1. The normalized spacial score (nSPS) is 9.94. The lowest BCUT2D eigenvalue weighted by Crippen LogP contribution is -2.36. The lowest BCUT2D eigenvalue weighted by Gasteiger charge is -2.04. The van der Waals surface area contributed by atoms with Crippen molar-refractivity contribution < 1.29 is 9.59 Å². The van der Waals surface area contributed by atoms with Gasteiger partial charge in [0.05, 0.1) is 13.1 Å². The number of aromatic nitrogens is 2. The molecule has 1 heterocycles. The van der Waals surface area contributed by atoms with Crippen molar-refractivity contribution in [3.8, 4) is 0 Å². The Hall–Kier alpha value is -1.89. The Morgan fingerprint density at radius 3 is 2.56 bits per heavy atom. The van der Waals surface area contributed by atoms with Crippen molar-refractivity contribution in [2.45, 2.75) is 13.8 Å². The molecule has 0 unspecified atom stereocenters. The van der Waals surface area contributed by atoms with Crippen LogP contribution in [0.5, 0.6) is 0 Å². The molecule has 1 aromatic heterocycles. The van der Waals surface area contributed by atoms with E-state index in [0.717, 1.165) is 11.3 Å². The Morgan fingerprint density at radius 1 is 1.38 bits per heavy atom. The van der Waals surface area contributed by atoms with Crippen LogP contribution >= 0.6 is 0 Å². The van der Waals surface area contributed by atoms with Gasteiger partial charge in [-0.1, -0.05) is 0 Å². The lowest BCUT2D eigenvalue weighted by molar-refractivity contribution is -0.123. The first kappa shape index (κ1) is 12.2. The highest BCUT2D eigenvalue weighted by atomic mass is 16.2. The number of nitrogens with two attached hydrogens (primary N) is 1. The highest BCUT2D eigenvalue weighted by Gasteiger charge is 2.09. The number of anilines is 1. The molecule has 1 aromatic rings. The minimum Gasteiger partial charge on any atom is -0.346 e. The summed E-state index contributed by atoms with van der Waals surface area (Å²) in [6, 6.07) is 0. The second kappa shape index (κ2) is 5.26. The first-order valence-electron chi connectivity index (χ1n) is 4.82. The van der Waals surface area contributed by atoms with Gasteiger partial charge in [-0.05, 0) is 13.8 Å². The van der Waals surface area contributed by atoms with Gasteiger partial charge in [0.1, 0.15) is 0 Å². The predicted molar refractivity (Wildman–Crippen MR) is 58.8 cm³/mol. The summed E-state index contributed by atoms with van der Waals surface area (Å²) < 4.78 is 0. The molecule has 0 bridgehead atoms. The molecule has 0 fully saturated rings. The van der Waals surface area contributed by atoms with Crippen LogP contribution in [0.4, 0.5) is 5.82 Å². The number of nitrogens with zero attached hydrogens (tertiary/aromatic N) is 1. The van der Waals surface area contributed by atoms with E-state index >= 15 is 0 Å². The standard InChI is InChI=1S/C9H15N5O2/c1-5-6(2)13-14-9(5)12-8(16)4-11-7(15)3-10/h3-4,10H2,1-2H3,(H,11,15)(H2,12,13,14,16). The average Bonchev–Trinajstić information content (AvgIpc) is 2.57. The molecule has 7 heteroatoms. The third-order valence-electron chi connectivity index (χ3n) is 2.14. The fourth-order valence-electron chi connectivity index (χ4n) is 1.03. The Kier molecular flexibility index (Phi) is 4.01. The molecule has 0 spiro atoms. The molecule has 0 aromatic carbocycles. The molecule has 0 atom stereocenters. The summed E-state index contributed by atoms with van der Waals surface area (Å²) in [6.45, 7) is 3.45. The minimum absolute atomic E-state index is 0.110. The maximum atomic E-state index is 11.4. The van der Waals surface area contributed by atoms with E-state index in [1.54, 1.807) is 0 Å². The first-order valence-corrected chi connectivity index (χ1v) is 4.82. The number of aryl methyl sites for hydroxylation is 1. The second-order valence-corrected chi connectivity index (χ2v) is 3.35. The van der Waals surface area contributed by atoms with E-state index < -0.39 is 0 Å². The number of hydrogen-bond donors (Lipinski definition) is 4. The highest BCUT2D eigenvalue weighted by molar-refractivity contribution is 5.94. The van der Waals surface area contributed by atoms with Crippen LogP contribution in [0, 0.1) is 13.8 Å². The van der Waals surface area contributed by atoms with E-state index in [9.17, 15) is 9.59 Å². The average molecular weight is 225 g/mol. The van der Waals surface area contributed by atoms with Crippen LogP contribution in [-0.4, -0.2) is 35.1 Å². The topological polar surface area (TPSA) is 113 Å². The zero-order chi connectivity index (χ0) is 12.1. The Balaban J connectivity index is 2.46. The molecule has 2 amide bonds. The summed E-state index contributed by atoms with van der Waals surface area (Å²) in [6.07, 6.45) is 0. The summed E-state index contributed by atoms with van der Waals surface area (Å²) >= 11 is 0. The van der Waals surface area contributed by atoms with E-state index in [1.165, 1.54) is 0 Å². The quantitative estimate of drug-likeness (QED) is 0.528. The second-order valence-electron chi connectivity index (χ2n) is 3.35.